The standard InChI is InChI=1S/C17H22N2O2/c1-5-8-19(11-12-6-7-12)15-10-13(16(20)21)9-14(18-15)17(2,3)4/h1,9-10,12H,6-8,11H2,2-4H3,(H,20,21). The van der Waals surface area contributed by atoms with E-state index in [4.69, 9.17) is 6.42 Å². The zero-order valence-electron chi connectivity index (χ0n) is 12.9. The fraction of sp³-hybridized carbons (Fsp3) is 0.529. The van der Waals surface area contributed by atoms with Gasteiger partial charge in [-0.2, -0.15) is 0 Å². The molecule has 1 aromatic rings. The minimum absolute atomic E-state index is 0.207. The van der Waals surface area contributed by atoms with E-state index in [0.717, 1.165) is 12.2 Å². The van der Waals surface area contributed by atoms with Crippen molar-refractivity contribution in [2.75, 3.05) is 18.0 Å². The predicted octanol–water partition coefficient (Wildman–Crippen LogP) is 2.93. The second kappa shape index (κ2) is 5.77. The Morgan fingerprint density at radius 3 is 2.62 bits per heavy atom. The molecule has 1 heterocycles. The van der Waals surface area contributed by atoms with Gasteiger partial charge in [0.1, 0.15) is 5.82 Å². The van der Waals surface area contributed by atoms with Crippen LogP contribution in [0.25, 0.3) is 0 Å². The number of aromatic nitrogens is 1. The van der Waals surface area contributed by atoms with Crippen LogP contribution in [0.5, 0.6) is 0 Å². The highest BCUT2D eigenvalue weighted by molar-refractivity contribution is 5.88. The molecular weight excluding hydrogens is 264 g/mol. The summed E-state index contributed by atoms with van der Waals surface area (Å²) in [6.45, 7) is 7.38. The molecule has 4 heteroatoms. The van der Waals surface area contributed by atoms with E-state index in [1.165, 1.54) is 12.8 Å². The number of carbonyl (C=O) groups is 1. The first-order chi connectivity index (χ1) is 9.81. The molecule has 0 saturated heterocycles. The van der Waals surface area contributed by atoms with Crippen molar-refractivity contribution < 1.29 is 9.90 Å². The lowest BCUT2D eigenvalue weighted by Crippen LogP contribution is -2.28. The summed E-state index contributed by atoms with van der Waals surface area (Å²) in [7, 11) is 0. The molecule has 0 aromatic carbocycles. The molecule has 4 nitrogen and oxygen atoms in total. The lowest BCUT2D eigenvalue weighted by molar-refractivity contribution is 0.0696. The van der Waals surface area contributed by atoms with Crippen LogP contribution in [-0.4, -0.2) is 29.1 Å². The normalized spacial score (nSPS) is 14.6. The quantitative estimate of drug-likeness (QED) is 0.846. The summed E-state index contributed by atoms with van der Waals surface area (Å²) in [6, 6.07) is 3.27. The van der Waals surface area contributed by atoms with Gasteiger partial charge in [-0.3, -0.25) is 0 Å². The first kappa shape index (κ1) is 15.4. The summed E-state index contributed by atoms with van der Waals surface area (Å²) in [5, 5.41) is 9.32. The molecule has 112 valence electrons. The maximum absolute atomic E-state index is 11.4. The topological polar surface area (TPSA) is 53.4 Å². The molecule has 1 N–H and O–H groups in total. The van der Waals surface area contributed by atoms with E-state index >= 15 is 0 Å². The fourth-order valence-electron chi connectivity index (χ4n) is 2.15. The summed E-state index contributed by atoms with van der Waals surface area (Å²) < 4.78 is 0. The van der Waals surface area contributed by atoms with Crippen LogP contribution in [0.2, 0.25) is 0 Å². The average Bonchev–Trinajstić information content (AvgIpc) is 3.20. The van der Waals surface area contributed by atoms with Crippen LogP contribution in [-0.2, 0) is 5.41 Å². The van der Waals surface area contributed by atoms with Crippen LogP contribution in [0.3, 0.4) is 0 Å². The monoisotopic (exact) mass is 286 g/mol. The minimum atomic E-state index is -0.934. The molecule has 1 saturated carbocycles. The molecule has 1 fully saturated rings. The summed E-state index contributed by atoms with van der Waals surface area (Å²) >= 11 is 0. The number of carboxylic acid groups (broad SMARTS) is 1. The number of nitrogens with zero attached hydrogens (tertiary/aromatic N) is 2. The number of hydrogen-bond acceptors (Lipinski definition) is 3. The number of rotatable bonds is 5. The van der Waals surface area contributed by atoms with Crippen molar-refractivity contribution >= 4 is 11.8 Å². The first-order valence-corrected chi connectivity index (χ1v) is 7.25. The van der Waals surface area contributed by atoms with E-state index < -0.39 is 5.97 Å². The van der Waals surface area contributed by atoms with Gasteiger partial charge in [-0.15, -0.1) is 6.42 Å². The molecule has 0 amide bonds. The van der Waals surface area contributed by atoms with Crippen molar-refractivity contribution in [1.29, 1.82) is 0 Å². The maximum Gasteiger partial charge on any atom is 0.335 e. The number of hydrogen-bond donors (Lipinski definition) is 1. The molecule has 1 aliphatic rings. The highest BCUT2D eigenvalue weighted by atomic mass is 16.4. The van der Waals surface area contributed by atoms with Gasteiger partial charge in [-0.25, -0.2) is 9.78 Å². The van der Waals surface area contributed by atoms with Crippen LogP contribution in [0.1, 0.15) is 49.7 Å². The molecule has 1 aliphatic carbocycles. The molecular formula is C17H22N2O2. The van der Waals surface area contributed by atoms with Gasteiger partial charge in [0.2, 0.25) is 0 Å². The SMILES string of the molecule is C#CCN(CC1CC1)c1cc(C(=O)O)cc(C(C)(C)C)n1. The second-order valence-electron chi connectivity index (χ2n) is 6.68. The number of anilines is 1. The van der Waals surface area contributed by atoms with Crippen LogP contribution in [0.4, 0.5) is 5.82 Å². The maximum atomic E-state index is 11.4. The molecule has 0 spiro atoms. The minimum Gasteiger partial charge on any atom is -0.478 e. The Morgan fingerprint density at radius 1 is 1.48 bits per heavy atom. The summed E-state index contributed by atoms with van der Waals surface area (Å²) in [6.07, 6.45) is 7.88. The number of aromatic carboxylic acids is 1. The third-order valence-electron chi connectivity index (χ3n) is 3.61. The smallest absolute Gasteiger partial charge is 0.335 e. The molecule has 2 rings (SSSR count). The Morgan fingerprint density at radius 2 is 2.14 bits per heavy atom. The molecule has 0 atom stereocenters. The molecule has 0 bridgehead atoms. The van der Waals surface area contributed by atoms with Gasteiger partial charge in [-0.05, 0) is 30.9 Å². The van der Waals surface area contributed by atoms with Crippen LogP contribution in [0, 0.1) is 18.3 Å². The third-order valence-corrected chi connectivity index (χ3v) is 3.61. The van der Waals surface area contributed by atoms with Crippen molar-refractivity contribution in [3.63, 3.8) is 0 Å². The van der Waals surface area contributed by atoms with Gasteiger partial charge < -0.3 is 10.0 Å². The van der Waals surface area contributed by atoms with Gasteiger partial charge in [0.15, 0.2) is 0 Å². The highest BCUT2D eigenvalue weighted by Crippen LogP contribution is 2.32. The van der Waals surface area contributed by atoms with Gasteiger partial charge >= 0.3 is 5.97 Å². The van der Waals surface area contributed by atoms with E-state index in [1.807, 2.05) is 25.7 Å². The van der Waals surface area contributed by atoms with Crippen molar-refractivity contribution in [3.05, 3.63) is 23.4 Å². The molecule has 21 heavy (non-hydrogen) atoms. The van der Waals surface area contributed by atoms with Crippen molar-refractivity contribution in [2.45, 2.75) is 39.0 Å². The Bertz CT molecular complexity index is 577. The van der Waals surface area contributed by atoms with E-state index in [-0.39, 0.29) is 11.0 Å². The van der Waals surface area contributed by atoms with E-state index in [1.54, 1.807) is 12.1 Å². The largest absolute Gasteiger partial charge is 0.478 e. The Balaban J connectivity index is 2.41. The van der Waals surface area contributed by atoms with Crippen molar-refractivity contribution in [3.8, 4) is 12.3 Å². The molecule has 0 aliphatic heterocycles. The molecule has 0 unspecified atom stereocenters. The van der Waals surface area contributed by atoms with Gasteiger partial charge in [0.05, 0.1) is 12.1 Å². The van der Waals surface area contributed by atoms with Gasteiger partial charge in [0, 0.05) is 17.7 Å². The summed E-state index contributed by atoms with van der Waals surface area (Å²) in [4.78, 5) is 18.0. The number of carboxylic acids is 1. The van der Waals surface area contributed by atoms with Crippen LogP contribution >= 0.6 is 0 Å². The van der Waals surface area contributed by atoms with Crippen molar-refractivity contribution in [1.82, 2.24) is 4.98 Å². The zero-order chi connectivity index (χ0) is 15.6. The Labute approximate surface area is 126 Å². The summed E-state index contributed by atoms with van der Waals surface area (Å²) in [5.74, 6) is 3.04. The predicted molar refractivity (Wildman–Crippen MR) is 83.7 cm³/mol. The highest BCUT2D eigenvalue weighted by Gasteiger charge is 2.26. The Kier molecular flexibility index (Phi) is 4.22. The van der Waals surface area contributed by atoms with Crippen LogP contribution in [0.15, 0.2) is 12.1 Å². The van der Waals surface area contributed by atoms with E-state index in [0.29, 0.717) is 18.3 Å². The zero-order valence-corrected chi connectivity index (χ0v) is 12.9. The fourth-order valence-corrected chi connectivity index (χ4v) is 2.15. The summed E-state index contributed by atoms with van der Waals surface area (Å²) in [5.41, 5.74) is 0.833. The molecule has 1 aromatic heterocycles. The first-order valence-electron chi connectivity index (χ1n) is 7.25. The Hall–Kier alpha value is -2.02. The lowest BCUT2D eigenvalue weighted by atomic mass is 9.90. The van der Waals surface area contributed by atoms with Crippen molar-refractivity contribution in [2.24, 2.45) is 5.92 Å². The number of terminal acetylenes is 1. The van der Waals surface area contributed by atoms with Gasteiger partial charge in [0.25, 0.3) is 0 Å². The second-order valence-corrected chi connectivity index (χ2v) is 6.68. The third kappa shape index (κ3) is 3.98. The van der Waals surface area contributed by atoms with E-state index in [9.17, 15) is 9.90 Å². The van der Waals surface area contributed by atoms with Gasteiger partial charge in [-0.1, -0.05) is 26.7 Å². The van der Waals surface area contributed by atoms with E-state index in [2.05, 4.69) is 10.9 Å². The van der Waals surface area contributed by atoms with Crippen LogP contribution < -0.4 is 4.90 Å². The number of pyridine rings is 1. The lowest BCUT2D eigenvalue weighted by Gasteiger charge is -2.25. The average molecular weight is 286 g/mol. The molecule has 0 radical (unpaired) electrons.